The van der Waals surface area contributed by atoms with Gasteiger partial charge in [0.15, 0.2) is 0 Å². The van der Waals surface area contributed by atoms with Gasteiger partial charge in [0.25, 0.3) is 0 Å². The Morgan fingerprint density at radius 2 is 2.00 bits per heavy atom. The molecule has 1 heterocycles. The van der Waals surface area contributed by atoms with Gasteiger partial charge in [-0.3, -0.25) is 0 Å². The molecule has 0 amide bonds. The number of anilines is 1. The van der Waals surface area contributed by atoms with Crippen molar-refractivity contribution in [1.29, 1.82) is 0 Å². The van der Waals surface area contributed by atoms with E-state index in [0.717, 1.165) is 26.3 Å². The third-order valence-corrected chi connectivity index (χ3v) is 2.38. The fourth-order valence-electron chi connectivity index (χ4n) is 1.65. The van der Waals surface area contributed by atoms with E-state index in [2.05, 4.69) is 46.9 Å². The standard InChI is InChI=1S/C10H12NO.Li/c1-2-4-10(5-3-1)11-6-8-12-9-7-11;/h1-2,4-5H,6-9H2;. The summed E-state index contributed by atoms with van der Waals surface area (Å²) in [5, 5.41) is 0. The number of hydrogen-bond acceptors (Lipinski definition) is 2. The minimum absolute atomic E-state index is 0.855. The molecule has 0 radical (unpaired) electrons. The minimum atomic E-state index is 0.855. The van der Waals surface area contributed by atoms with Crippen LogP contribution in [-0.2, 0) is 4.74 Å². The van der Waals surface area contributed by atoms with Crippen molar-refractivity contribution in [3.63, 3.8) is 0 Å². The summed E-state index contributed by atoms with van der Waals surface area (Å²) in [5.41, 5.74) is 1.32. The molecule has 2 rings (SSSR count). The number of morpholine rings is 1. The third-order valence-electron chi connectivity index (χ3n) is 2.38. The summed E-state index contributed by atoms with van der Waals surface area (Å²) < 4.78 is 6.63. The van der Waals surface area contributed by atoms with Crippen LogP contribution in [0.15, 0.2) is 24.3 Å². The first-order valence-corrected chi connectivity index (χ1v) is 4.75. The predicted molar refractivity (Wildman–Crippen MR) is 54.9 cm³/mol. The van der Waals surface area contributed by atoms with Gasteiger partial charge in [-0.1, -0.05) is 0 Å². The Balaban J connectivity index is 2.14. The molecule has 1 aliphatic heterocycles. The Kier molecular flexibility index (Phi) is 2.95. The van der Waals surface area contributed by atoms with Crippen LogP contribution < -0.4 is 9.14 Å². The van der Waals surface area contributed by atoms with Crippen molar-refractivity contribution in [1.82, 2.24) is 0 Å². The summed E-state index contributed by atoms with van der Waals surface area (Å²) in [5.74, 6) is 0. The normalized spacial score (nSPS) is 17.5. The summed E-state index contributed by atoms with van der Waals surface area (Å²) in [6.45, 7) is 3.74. The molecular formula is C10H12LiNO. The van der Waals surface area contributed by atoms with E-state index in [9.17, 15) is 0 Å². The maximum absolute atomic E-state index is 5.31. The molecule has 0 unspecified atom stereocenters. The topological polar surface area (TPSA) is 12.5 Å². The van der Waals surface area contributed by atoms with Crippen LogP contribution in [0, 0.1) is 0 Å². The zero-order valence-corrected chi connectivity index (χ0v) is 7.99. The van der Waals surface area contributed by atoms with Crippen LogP contribution in [0.3, 0.4) is 0 Å². The summed E-state index contributed by atoms with van der Waals surface area (Å²) in [7, 11) is 0. The number of ether oxygens (including phenoxy) is 1. The van der Waals surface area contributed by atoms with Crippen molar-refractivity contribution in [2.24, 2.45) is 0 Å². The fourth-order valence-corrected chi connectivity index (χ4v) is 1.65. The summed E-state index contributed by atoms with van der Waals surface area (Å²) >= 11 is 2.13. The number of hydrogen-bond donors (Lipinski definition) is 0. The van der Waals surface area contributed by atoms with Crippen LogP contribution in [0.2, 0.25) is 0 Å². The van der Waals surface area contributed by atoms with E-state index in [-0.39, 0.29) is 0 Å². The van der Waals surface area contributed by atoms with Crippen molar-refractivity contribution < 1.29 is 4.74 Å². The summed E-state index contributed by atoms with van der Waals surface area (Å²) in [6.07, 6.45) is 0. The molecule has 0 spiro atoms. The average Bonchev–Trinajstić information content (AvgIpc) is 2.19. The third kappa shape index (κ3) is 2.28. The van der Waals surface area contributed by atoms with Crippen LogP contribution in [0.5, 0.6) is 0 Å². The Morgan fingerprint density at radius 3 is 2.69 bits per heavy atom. The Morgan fingerprint density at radius 1 is 1.23 bits per heavy atom. The monoisotopic (exact) mass is 169 g/mol. The molecule has 1 aromatic carbocycles. The van der Waals surface area contributed by atoms with Gasteiger partial charge in [0.05, 0.1) is 0 Å². The van der Waals surface area contributed by atoms with Crippen molar-refractivity contribution >= 4 is 27.6 Å². The molecule has 64 valence electrons. The first-order valence-electron chi connectivity index (χ1n) is 4.75. The van der Waals surface area contributed by atoms with Gasteiger partial charge >= 0.3 is 87.8 Å². The molecule has 13 heavy (non-hydrogen) atoms. The van der Waals surface area contributed by atoms with E-state index in [0.29, 0.717) is 0 Å². The molecule has 0 aliphatic carbocycles. The van der Waals surface area contributed by atoms with Crippen LogP contribution >= 0.6 is 0 Å². The van der Waals surface area contributed by atoms with Gasteiger partial charge in [-0.05, 0) is 0 Å². The van der Waals surface area contributed by atoms with Gasteiger partial charge < -0.3 is 0 Å². The molecule has 1 fully saturated rings. The maximum atomic E-state index is 5.31. The van der Waals surface area contributed by atoms with Crippen LogP contribution in [-0.4, -0.2) is 44.0 Å². The molecule has 2 nitrogen and oxygen atoms in total. The first-order chi connectivity index (χ1) is 6.36. The van der Waals surface area contributed by atoms with Crippen molar-refractivity contribution in [2.45, 2.75) is 0 Å². The Labute approximate surface area is 88.1 Å². The van der Waals surface area contributed by atoms with Gasteiger partial charge in [0, 0.05) is 0 Å². The molecule has 0 N–H and O–H groups in total. The van der Waals surface area contributed by atoms with Gasteiger partial charge in [-0.15, -0.1) is 0 Å². The average molecular weight is 169 g/mol. The summed E-state index contributed by atoms with van der Waals surface area (Å²) in [4.78, 5) is 2.37. The number of nitrogens with zero attached hydrogens (tertiary/aromatic N) is 1. The quantitative estimate of drug-likeness (QED) is 0.561. The number of benzene rings is 1. The van der Waals surface area contributed by atoms with E-state index in [4.69, 9.17) is 4.74 Å². The molecule has 1 aliphatic rings. The second-order valence-electron chi connectivity index (χ2n) is 3.44. The molecule has 3 heteroatoms. The molecule has 0 saturated carbocycles. The zero-order valence-electron chi connectivity index (χ0n) is 7.99. The zero-order chi connectivity index (χ0) is 9.10. The Hall–Kier alpha value is -0.423. The SMILES string of the molecule is [Li][c]1cccc(N2CCOCC2)c1. The molecular weight excluding hydrogens is 157 g/mol. The van der Waals surface area contributed by atoms with E-state index >= 15 is 0 Å². The first kappa shape index (κ1) is 9.14. The van der Waals surface area contributed by atoms with E-state index < -0.39 is 0 Å². The van der Waals surface area contributed by atoms with E-state index in [1.165, 1.54) is 9.92 Å². The second kappa shape index (κ2) is 4.19. The Bertz CT molecular complexity index is 284. The molecule has 0 aromatic heterocycles. The van der Waals surface area contributed by atoms with Gasteiger partial charge in [-0.2, -0.15) is 0 Å². The number of rotatable bonds is 1. The summed E-state index contributed by atoms with van der Waals surface area (Å²) in [6, 6.07) is 8.63. The van der Waals surface area contributed by atoms with Crippen molar-refractivity contribution in [3.8, 4) is 0 Å². The van der Waals surface area contributed by atoms with Gasteiger partial charge in [0.1, 0.15) is 0 Å². The molecule has 1 aromatic rings. The van der Waals surface area contributed by atoms with E-state index in [1.807, 2.05) is 0 Å². The van der Waals surface area contributed by atoms with Crippen LogP contribution in [0.4, 0.5) is 5.69 Å². The molecule has 0 atom stereocenters. The molecule has 0 bridgehead atoms. The van der Waals surface area contributed by atoms with Gasteiger partial charge in [-0.25, -0.2) is 0 Å². The molecule has 1 saturated heterocycles. The van der Waals surface area contributed by atoms with E-state index in [1.54, 1.807) is 0 Å². The van der Waals surface area contributed by atoms with Crippen LogP contribution in [0.1, 0.15) is 0 Å². The van der Waals surface area contributed by atoms with Crippen molar-refractivity contribution in [3.05, 3.63) is 24.3 Å². The predicted octanol–water partition coefficient (Wildman–Crippen LogP) is 0.317. The van der Waals surface area contributed by atoms with Gasteiger partial charge in [0.2, 0.25) is 0 Å². The van der Waals surface area contributed by atoms with Crippen LogP contribution in [0.25, 0.3) is 0 Å². The fraction of sp³-hybridized carbons (Fsp3) is 0.400. The van der Waals surface area contributed by atoms with Crippen molar-refractivity contribution in [2.75, 3.05) is 31.2 Å². The second-order valence-corrected chi connectivity index (χ2v) is 3.44.